The van der Waals surface area contributed by atoms with Gasteiger partial charge < -0.3 is 4.57 Å². The first-order chi connectivity index (χ1) is 13.0. The zero-order chi connectivity index (χ0) is 19.0. The molecule has 1 atom stereocenters. The maximum Gasteiger partial charge on any atom is 0.247 e. The monoisotopic (exact) mass is 398 g/mol. The Morgan fingerprint density at radius 2 is 1.74 bits per heavy atom. The van der Waals surface area contributed by atoms with Crippen LogP contribution in [0.1, 0.15) is 6.42 Å². The summed E-state index contributed by atoms with van der Waals surface area (Å²) >= 11 is 7.19. The first-order valence-corrected chi connectivity index (χ1v) is 9.54. The average molecular weight is 399 g/mol. The molecular weight excluding hydrogens is 384 g/mol. The largest absolute Gasteiger partial charge is 0.305 e. The number of halogens is 1. The van der Waals surface area contributed by atoms with Crippen LogP contribution >= 0.6 is 23.4 Å². The molecule has 2 amide bonds. The van der Waals surface area contributed by atoms with Crippen LogP contribution in [0.15, 0.2) is 59.8 Å². The molecule has 0 unspecified atom stereocenters. The number of imide groups is 1. The van der Waals surface area contributed by atoms with E-state index in [0.717, 1.165) is 5.56 Å². The number of amides is 2. The molecule has 2 heterocycles. The number of thioether (sulfide) groups is 1. The number of hydrogen-bond donors (Lipinski definition) is 0. The summed E-state index contributed by atoms with van der Waals surface area (Å²) in [6.07, 6.45) is 0.140. The van der Waals surface area contributed by atoms with Crippen LogP contribution in [0, 0.1) is 0 Å². The minimum absolute atomic E-state index is 0.140. The molecule has 2 aromatic carbocycles. The Labute approximate surface area is 165 Å². The van der Waals surface area contributed by atoms with Gasteiger partial charge in [0, 0.05) is 24.1 Å². The van der Waals surface area contributed by atoms with Crippen LogP contribution in [-0.4, -0.2) is 31.8 Å². The van der Waals surface area contributed by atoms with E-state index in [-0.39, 0.29) is 18.2 Å². The maximum absolute atomic E-state index is 12.8. The molecule has 0 saturated carbocycles. The summed E-state index contributed by atoms with van der Waals surface area (Å²) in [4.78, 5) is 26.4. The lowest BCUT2D eigenvalue weighted by atomic mass is 10.2. The number of hydrogen-bond acceptors (Lipinski definition) is 5. The fourth-order valence-corrected chi connectivity index (χ4v) is 4.08. The van der Waals surface area contributed by atoms with Gasteiger partial charge in [-0.05, 0) is 36.4 Å². The van der Waals surface area contributed by atoms with E-state index in [9.17, 15) is 9.59 Å². The molecule has 136 valence electrons. The summed E-state index contributed by atoms with van der Waals surface area (Å²) in [5.41, 5.74) is 1.47. The number of carbonyl (C=O) groups excluding carboxylic acids is 2. The first kappa shape index (κ1) is 17.8. The SMILES string of the molecule is Cn1c(S[C@@H]2CC(=O)N(c3ccccc3)C2=O)nnc1-c1ccc(Cl)cc1. The molecular formula is C19H15ClN4O2S. The van der Waals surface area contributed by atoms with Crippen molar-refractivity contribution >= 4 is 40.9 Å². The molecule has 6 nitrogen and oxygen atoms in total. The van der Waals surface area contributed by atoms with Crippen molar-refractivity contribution in [2.24, 2.45) is 7.05 Å². The highest BCUT2D eigenvalue weighted by Gasteiger charge is 2.41. The van der Waals surface area contributed by atoms with Crippen molar-refractivity contribution in [3.63, 3.8) is 0 Å². The number of para-hydroxylation sites is 1. The molecule has 1 fully saturated rings. The van der Waals surface area contributed by atoms with Gasteiger partial charge in [0.2, 0.25) is 11.8 Å². The third kappa shape index (κ3) is 3.36. The number of anilines is 1. The molecule has 1 aliphatic rings. The smallest absolute Gasteiger partial charge is 0.247 e. The molecule has 0 aliphatic carbocycles. The summed E-state index contributed by atoms with van der Waals surface area (Å²) in [6.45, 7) is 0. The van der Waals surface area contributed by atoms with E-state index in [1.54, 1.807) is 36.4 Å². The van der Waals surface area contributed by atoms with Crippen LogP contribution < -0.4 is 4.90 Å². The van der Waals surface area contributed by atoms with Crippen molar-refractivity contribution in [2.75, 3.05) is 4.90 Å². The van der Waals surface area contributed by atoms with Crippen LogP contribution in [0.5, 0.6) is 0 Å². The number of rotatable bonds is 4. The lowest BCUT2D eigenvalue weighted by Gasteiger charge is -2.14. The van der Waals surface area contributed by atoms with Gasteiger partial charge in [0.15, 0.2) is 11.0 Å². The Morgan fingerprint density at radius 1 is 1.04 bits per heavy atom. The fraction of sp³-hybridized carbons (Fsp3) is 0.158. The Hall–Kier alpha value is -2.64. The van der Waals surface area contributed by atoms with E-state index in [0.29, 0.717) is 21.7 Å². The number of nitrogens with zero attached hydrogens (tertiary/aromatic N) is 4. The molecule has 0 radical (unpaired) electrons. The topological polar surface area (TPSA) is 68.1 Å². The van der Waals surface area contributed by atoms with E-state index < -0.39 is 5.25 Å². The highest BCUT2D eigenvalue weighted by atomic mass is 35.5. The molecule has 1 aliphatic heterocycles. The molecule has 0 spiro atoms. The number of carbonyl (C=O) groups is 2. The van der Waals surface area contributed by atoms with Gasteiger partial charge in [-0.3, -0.25) is 9.59 Å². The van der Waals surface area contributed by atoms with Crippen molar-refractivity contribution in [3.8, 4) is 11.4 Å². The van der Waals surface area contributed by atoms with Crippen LogP contribution in [0.4, 0.5) is 5.69 Å². The zero-order valence-corrected chi connectivity index (χ0v) is 15.9. The van der Waals surface area contributed by atoms with Crippen LogP contribution in [0.2, 0.25) is 5.02 Å². The van der Waals surface area contributed by atoms with Crippen LogP contribution in [-0.2, 0) is 16.6 Å². The minimum atomic E-state index is -0.515. The molecule has 0 bridgehead atoms. The summed E-state index contributed by atoms with van der Waals surface area (Å²) in [5, 5.41) is 9.13. The van der Waals surface area contributed by atoms with E-state index in [4.69, 9.17) is 11.6 Å². The zero-order valence-electron chi connectivity index (χ0n) is 14.4. The standard InChI is InChI=1S/C19H15ClN4O2S/c1-23-17(12-7-9-13(20)10-8-12)21-22-19(23)27-15-11-16(25)24(18(15)26)14-5-3-2-4-6-14/h2-10,15H,11H2,1H3/t15-/m1/s1. The minimum Gasteiger partial charge on any atom is -0.305 e. The molecule has 3 aromatic rings. The van der Waals surface area contributed by atoms with Crippen molar-refractivity contribution < 1.29 is 9.59 Å². The van der Waals surface area contributed by atoms with Crippen molar-refractivity contribution in [1.82, 2.24) is 14.8 Å². The van der Waals surface area contributed by atoms with Gasteiger partial charge >= 0.3 is 0 Å². The predicted molar refractivity (Wildman–Crippen MR) is 105 cm³/mol. The quantitative estimate of drug-likeness (QED) is 0.628. The molecule has 4 rings (SSSR count). The normalized spacial score (nSPS) is 17.0. The van der Waals surface area contributed by atoms with Gasteiger partial charge in [0.1, 0.15) is 5.25 Å². The van der Waals surface area contributed by atoms with Crippen molar-refractivity contribution in [1.29, 1.82) is 0 Å². The number of aromatic nitrogens is 3. The summed E-state index contributed by atoms with van der Waals surface area (Å²) in [5.74, 6) is 0.238. The lowest BCUT2D eigenvalue weighted by Crippen LogP contribution is -2.31. The van der Waals surface area contributed by atoms with Crippen molar-refractivity contribution in [3.05, 3.63) is 59.6 Å². The fourth-order valence-electron chi connectivity index (χ4n) is 2.94. The molecule has 1 aromatic heterocycles. The second-order valence-electron chi connectivity index (χ2n) is 6.09. The van der Waals surface area contributed by atoms with E-state index >= 15 is 0 Å². The van der Waals surface area contributed by atoms with Gasteiger partial charge in [-0.25, -0.2) is 4.90 Å². The van der Waals surface area contributed by atoms with Gasteiger partial charge in [-0.1, -0.05) is 41.6 Å². The molecule has 8 heteroatoms. The van der Waals surface area contributed by atoms with Crippen LogP contribution in [0.3, 0.4) is 0 Å². The molecule has 1 saturated heterocycles. The Kier molecular flexibility index (Phi) is 4.72. The van der Waals surface area contributed by atoms with E-state index in [1.807, 2.05) is 29.8 Å². The third-order valence-electron chi connectivity index (χ3n) is 4.30. The second-order valence-corrected chi connectivity index (χ2v) is 7.69. The highest BCUT2D eigenvalue weighted by Crippen LogP contribution is 2.34. The van der Waals surface area contributed by atoms with E-state index in [2.05, 4.69) is 10.2 Å². The molecule has 0 N–H and O–H groups in total. The number of benzene rings is 2. The Bertz CT molecular complexity index is 1000. The Morgan fingerprint density at radius 3 is 2.44 bits per heavy atom. The second kappa shape index (κ2) is 7.17. The average Bonchev–Trinajstić information content (AvgIpc) is 3.16. The van der Waals surface area contributed by atoms with Crippen LogP contribution in [0.25, 0.3) is 11.4 Å². The van der Waals surface area contributed by atoms with Gasteiger partial charge in [0.25, 0.3) is 0 Å². The highest BCUT2D eigenvalue weighted by molar-refractivity contribution is 8.00. The van der Waals surface area contributed by atoms with Crippen molar-refractivity contribution in [2.45, 2.75) is 16.8 Å². The predicted octanol–water partition coefficient (Wildman–Crippen LogP) is 3.56. The van der Waals surface area contributed by atoms with Gasteiger partial charge in [0.05, 0.1) is 5.69 Å². The first-order valence-electron chi connectivity index (χ1n) is 8.28. The lowest BCUT2D eigenvalue weighted by molar-refractivity contribution is -0.121. The molecule has 27 heavy (non-hydrogen) atoms. The van der Waals surface area contributed by atoms with Gasteiger partial charge in [-0.15, -0.1) is 10.2 Å². The Balaban J connectivity index is 1.56. The summed E-state index contributed by atoms with van der Waals surface area (Å²) in [6, 6.07) is 16.3. The van der Waals surface area contributed by atoms with E-state index in [1.165, 1.54) is 16.7 Å². The summed E-state index contributed by atoms with van der Waals surface area (Å²) < 4.78 is 1.82. The third-order valence-corrected chi connectivity index (χ3v) is 5.78. The summed E-state index contributed by atoms with van der Waals surface area (Å²) in [7, 11) is 1.84. The van der Waals surface area contributed by atoms with Gasteiger partial charge in [-0.2, -0.15) is 0 Å². The maximum atomic E-state index is 12.8.